The Bertz CT molecular complexity index is 812. The van der Waals surface area contributed by atoms with Crippen LogP contribution in [0.3, 0.4) is 0 Å². The fourth-order valence-electron chi connectivity index (χ4n) is 2.19. The molecule has 0 unspecified atom stereocenters. The summed E-state index contributed by atoms with van der Waals surface area (Å²) >= 11 is 0. The molecule has 0 aliphatic rings. The van der Waals surface area contributed by atoms with Crippen molar-refractivity contribution >= 4 is 17.4 Å². The Hall–Kier alpha value is -3.09. The van der Waals surface area contributed by atoms with Crippen molar-refractivity contribution in [2.75, 3.05) is 5.73 Å². The highest BCUT2D eigenvalue weighted by molar-refractivity contribution is 5.73. The number of nitrogens with one attached hydrogen (secondary N) is 1. The molecule has 1 amide bonds. The largest absolute Gasteiger partial charge is 0.465 e. The molecule has 2 aromatic heterocycles. The molecule has 0 aliphatic heterocycles. The summed E-state index contributed by atoms with van der Waals surface area (Å²) in [6.45, 7) is 0.254. The van der Waals surface area contributed by atoms with E-state index in [1.807, 2.05) is 36.4 Å². The van der Waals surface area contributed by atoms with Crippen LogP contribution in [0.4, 0.5) is 10.6 Å². The van der Waals surface area contributed by atoms with E-state index in [0.29, 0.717) is 5.82 Å². The molecule has 0 fully saturated rings. The Morgan fingerprint density at radius 2 is 2.19 bits per heavy atom. The maximum Gasteiger partial charge on any atom is 0.404 e. The first-order chi connectivity index (χ1) is 10.1. The molecule has 2 heterocycles. The Morgan fingerprint density at radius 3 is 3.00 bits per heavy atom. The lowest BCUT2D eigenvalue weighted by Gasteiger charge is -2.06. The van der Waals surface area contributed by atoms with Crippen LogP contribution >= 0.6 is 0 Å². The zero-order chi connectivity index (χ0) is 14.8. The van der Waals surface area contributed by atoms with Crippen LogP contribution < -0.4 is 11.1 Å². The van der Waals surface area contributed by atoms with Gasteiger partial charge in [-0.2, -0.15) is 5.10 Å². The third-order valence-electron chi connectivity index (χ3n) is 3.15. The van der Waals surface area contributed by atoms with E-state index >= 15 is 0 Å². The van der Waals surface area contributed by atoms with Crippen LogP contribution in [0.2, 0.25) is 0 Å². The second-order valence-electron chi connectivity index (χ2n) is 4.52. The van der Waals surface area contributed by atoms with Gasteiger partial charge in [-0.1, -0.05) is 18.2 Å². The molecule has 0 radical (unpaired) electrons. The molecule has 3 aromatic rings. The number of anilines is 1. The van der Waals surface area contributed by atoms with Crippen LogP contribution in [0.5, 0.6) is 0 Å². The minimum absolute atomic E-state index is 0.254. The van der Waals surface area contributed by atoms with Gasteiger partial charge in [-0.15, -0.1) is 0 Å². The first kappa shape index (κ1) is 12.9. The number of aromatic nitrogens is 3. The second kappa shape index (κ2) is 5.12. The number of nitrogens with two attached hydrogens (primary N) is 1. The maximum atomic E-state index is 10.6. The van der Waals surface area contributed by atoms with Crippen molar-refractivity contribution in [1.29, 1.82) is 0 Å². The molecule has 1 aromatic carbocycles. The van der Waals surface area contributed by atoms with E-state index < -0.39 is 6.09 Å². The molecule has 0 aliphatic carbocycles. The van der Waals surface area contributed by atoms with Gasteiger partial charge in [0.25, 0.3) is 0 Å². The van der Waals surface area contributed by atoms with E-state index in [2.05, 4.69) is 15.4 Å². The van der Waals surface area contributed by atoms with Crippen molar-refractivity contribution < 1.29 is 9.90 Å². The molecule has 7 nitrogen and oxygen atoms in total. The van der Waals surface area contributed by atoms with E-state index in [4.69, 9.17) is 10.8 Å². The van der Waals surface area contributed by atoms with Crippen LogP contribution in [0.25, 0.3) is 16.8 Å². The second-order valence-corrected chi connectivity index (χ2v) is 4.52. The minimum atomic E-state index is -1.05. The van der Waals surface area contributed by atoms with Gasteiger partial charge in [0, 0.05) is 12.1 Å². The first-order valence-electron chi connectivity index (χ1n) is 6.29. The highest BCUT2D eigenvalue weighted by atomic mass is 16.4. The van der Waals surface area contributed by atoms with Gasteiger partial charge in [0.15, 0.2) is 5.82 Å². The summed E-state index contributed by atoms with van der Waals surface area (Å²) in [6.07, 6.45) is 0.357. The van der Waals surface area contributed by atoms with E-state index in [1.165, 1.54) is 6.33 Å². The molecular weight excluding hydrogens is 270 g/mol. The molecule has 0 saturated carbocycles. The van der Waals surface area contributed by atoms with E-state index in [9.17, 15) is 4.79 Å². The number of hydrogen-bond acceptors (Lipinski definition) is 4. The third-order valence-corrected chi connectivity index (χ3v) is 3.15. The first-order valence-corrected chi connectivity index (χ1v) is 6.29. The van der Waals surface area contributed by atoms with Gasteiger partial charge in [-0.05, 0) is 23.8 Å². The third kappa shape index (κ3) is 2.48. The van der Waals surface area contributed by atoms with Gasteiger partial charge in [0.2, 0.25) is 0 Å². The topological polar surface area (TPSA) is 106 Å². The molecule has 0 spiro atoms. The number of fused-ring (bicyclic) bond motifs is 1. The summed E-state index contributed by atoms with van der Waals surface area (Å²) in [6, 6.07) is 11.3. The molecule has 0 saturated heterocycles. The van der Waals surface area contributed by atoms with Crippen molar-refractivity contribution in [1.82, 2.24) is 19.9 Å². The number of rotatable bonds is 3. The monoisotopic (exact) mass is 283 g/mol. The molecule has 21 heavy (non-hydrogen) atoms. The Kier molecular flexibility index (Phi) is 3.15. The average Bonchev–Trinajstić information content (AvgIpc) is 2.91. The number of hydrogen-bond donors (Lipinski definition) is 3. The smallest absolute Gasteiger partial charge is 0.404 e. The van der Waals surface area contributed by atoms with Gasteiger partial charge in [0.05, 0.1) is 5.69 Å². The fraction of sp³-hybridized carbons (Fsp3) is 0.0714. The van der Waals surface area contributed by atoms with Crippen molar-refractivity contribution in [2.45, 2.75) is 6.54 Å². The Balaban J connectivity index is 2.01. The summed E-state index contributed by atoms with van der Waals surface area (Å²) in [4.78, 5) is 14.5. The maximum absolute atomic E-state index is 10.6. The zero-order valence-corrected chi connectivity index (χ0v) is 11.0. The molecule has 3 rings (SSSR count). The van der Waals surface area contributed by atoms with Gasteiger partial charge in [0.1, 0.15) is 11.8 Å². The molecule has 4 N–H and O–H groups in total. The molecule has 0 atom stereocenters. The number of nitrogens with zero attached hydrogens (tertiary/aromatic N) is 3. The van der Waals surface area contributed by atoms with E-state index in [1.54, 1.807) is 4.52 Å². The lowest BCUT2D eigenvalue weighted by Crippen LogP contribution is -2.19. The van der Waals surface area contributed by atoms with E-state index in [-0.39, 0.29) is 6.54 Å². The quantitative estimate of drug-likeness (QED) is 0.679. The average molecular weight is 283 g/mol. The zero-order valence-electron chi connectivity index (χ0n) is 11.0. The van der Waals surface area contributed by atoms with Crippen molar-refractivity contribution in [3.63, 3.8) is 0 Å². The summed E-state index contributed by atoms with van der Waals surface area (Å²) < 4.78 is 1.71. The number of benzene rings is 1. The van der Waals surface area contributed by atoms with Gasteiger partial charge < -0.3 is 16.2 Å². The number of amides is 1. The fourth-order valence-corrected chi connectivity index (χ4v) is 2.19. The normalized spacial score (nSPS) is 10.7. The highest BCUT2D eigenvalue weighted by Crippen LogP contribution is 2.24. The van der Waals surface area contributed by atoms with Crippen LogP contribution in [-0.2, 0) is 6.54 Å². The minimum Gasteiger partial charge on any atom is -0.465 e. The van der Waals surface area contributed by atoms with Gasteiger partial charge >= 0.3 is 6.09 Å². The number of nitrogen functional groups attached to an aromatic ring is 1. The predicted octanol–water partition coefficient (Wildman–Crippen LogP) is 1.75. The van der Waals surface area contributed by atoms with Crippen molar-refractivity contribution in [2.24, 2.45) is 0 Å². The lowest BCUT2D eigenvalue weighted by atomic mass is 10.1. The van der Waals surface area contributed by atoms with Crippen molar-refractivity contribution in [3.05, 3.63) is 48.3 Å². The molecule has 106 valence electrons. The van der Waals surface area contributed by atoms with E-state index in [0.717, 1.165) is 22.3 Å². The Morgan fingerprint density at radius 1 is 1.33 bits per heavy atom. The summed E-state index contributed by atoms with van der Waals surface area (Å²) in [5.74, 6) is 0.417. The highest BCUT2D eigenvalue weighted by Gasteiger charge is 2.08. The van der Waals surface area contributed by atoms with Crippen LogP contribution in [0, 0.1) is 0 Å². The van der Waals surface area contributed by atoms with Crippen LogP contribution in [0.1, 0.15) is 5.56 Å². The van der Waals surface area contributed by atoms with Crippen LogP contribution in [-0.4, -0.2) is 25.8 Å². The number of carboxylic acid groups (broad SMARTS) is 1. The standard InChI is InChI=1S/C14H13N5O2/c15-13-12-5-4-11(19(12)18-8-17-13)10-3-1-2-9(6-10)7-16-14(20)21/h1-6,8,16H,7H2,(H,20,21)(H2,15,17,18). The number of carbonyl (C=O) groups is 1. The Labute approximate surface area is 120 Å². The predicted molar refractivity (Wildman–Crippen MR) is 77.7 cm³/mol. The molecule has 7 heteroatoms. The summed E-state index contributed by atoms with van der Waals surface area (Å²) in [5.41, 5.74) is 9.22. The van der Waals surface area contributed by atoms with Crippen molar-refractivity contribution in [3.8, 4) is 11.3 Å². The summed E-state index contributed by atoms with van der Waals surface area (Å²) in [5, 5.41) is 15.2. The van der Waals surface area contributed by atoms with Gasteiger partial charge in [-0.3, -0.25) is 0 Å². The molecule has 0 bridgehead atoms. The SMILES string of the molecule is Nc1ncnn2c(-c3cccc(CNC(=O)O)c3)ccc12. The van der Waals surface area contributed by atoms with Gasteiger partial charge in [-0.25, -0.2) is 14.3 Å². The molecular formula is C14H13N5O2. The summed E-state index contributed by atoms with van der Waals surface area (Å²) in [7, 11) is 0. The van der Waals surface area contributed by atoms with Crippen LogP contribution in [0.15, 0.2) is 42.7 Å². The lowest BCUT2D eigenvalue weighted by molar-refractivity contribution is 0.194.